The number of ether oxygens (including phenoxy) is 2. The van der Waals surface area contributed by atoms with Crippen LogP contribution in [0.2, 0.25) is 0 Å². The van der Waals surface area contributed by atoms with Crippen LogP contribution in [-0.4, -0.2) is 59.0 Å². The highest BCUT2D eigenvalue weighted by Crippen LogP contribution is 2.31. The Balaban J connectivity index is 1.82. The minimum Gasteiger partial charge on any atom is -0.493 e. The fourth-order valence-electron chi connectivity index (χ4n) is 3.35. The van der Waals surface area contributed by atoms with Gasteiger partial charge in [-0.3, -0.25) is 14.4 Å². The Bertz CT molecular complexity index is 971. The second-order valence-electron chi connectivity index (χ2n) is 6.80. The molecule has 0 unspecified atom stereocenters. The van der Waals surface area contributed by atoms with Gasteiger partial charge in [-0.15, -0.1) is 0 Å². The lowest BCUT2D eigenvalue weighted by Gasteiger charge is -2.30. The van der Waals surface area contributed by atoms with Crippen LogP contribution in [0.3, 0.4) is 0 Å². The summed E-state index contributed by atoms with van der Waals surface area (Å²) in [7, 11) is 3.06. The number of benzene rings is 1. The van der Waals surface area contributed by atoms with Crippen molar-refractivity contribution in [3.63, 3.8) is 0 Å². The first-order valence-corrected chi connectivity index (χ1v) is 9.24. The first-order valence-electron chi connectivity index (χ1n) is 9.24. The molecule has 29 heavy (non-hydrogen) atoms. The quantitative estimate of drug-likeness (QED) is 0.775. The summed E-state index contributed by atoms with van der Waals surface area (Å²) in [6, 6.07) is 8.17. The van der Waals surface area contributed by atoms with Gasteiger partial charge in [0.05, 0.1) is 25.8 Å². The summed E-state index contributed by atoms with van der Waals surface area (Å²) in [6.07, 6.45) is 1.17. The molecule has 1 aliphatic heterocycles. The van der Waals surface area contributed by atoms with E-state index < -0.39 is 17.4 Å². The van der Waals surface area contributed by atoms with Crippen LogP contribution in [0.4, 0.5) is 0 Å². The maximum atomic E-state index is 12.6. The van der Waals surface area contributed by atoms with Gasteiger partial charge in [-0.2, -0.15) is 5.10 Å². The molecule has 1 aromatic heterocycles. The Morgan fingerprint density at radius 1 is 1.17 bits per heavy atom. The zero-order valence-corrected chi connectivity index (χ0v) is 16.3. The Labute approximate surface area is 167 Å². The minimum absolute atomic E-state index is 0.151. The van der Waals surface area contributed by atoms with Crippen LogP contribution in [0.25, 0.3) is 11.3 Å². The SMILES string of the molecule is COc1ccc(-c2ccc(=O)n(CC(=O)N3CCC[C@@H](C(=O)O)C3)n2)cc1OC. The van der Waals surface area contributed by atoms with Crippen LogP contribution < -0.4 is 15.0 Å². The zero-order chi connectivity index (χ0) is 21.0. The van der Waals surface area contributed by atoms with Crippen LogP contribution in [0.5, 0.6) is 11.5 Å². The highest BCUT2D eigenvalue weighted by Gasteiger charge is 2.28. The lowest BCUT2D eigenvalue weighted by Crippen LogP contribution is -2.44. The molecule has 1 N–H and O–H groups in total. The predicted molar refractivity (Wildman–Crippen MR) is 104 cm³/mol. The van der Waals surface area contributed by atoms with E-state index in [0.29, 0.717) is 42.1 Å². The number of aliphatic carboxylic acids is 1. The smallest absolute Gasteiger partial charge is 0.308 e. The lowest BCUT2D eigenvalue weighted by atomic mass is 9.98. The normalized spacial score (nSPS) is 16.3. The van der Waals surface area contributed by atoms with Crippen LogP contribution in [0, 0.1) is 5.92 Å². The number of carbonyl (C=O) groups excluding carboxylic acids is 1. The Morgan fingerprint density at radius 3 is 2.62 bits per heavy atom. The predicted octanol–water partition coefficient (Wildman–Crippen LogP) is 1.25. The summed E-state index contributed by atoms with van der Waals surface area (Å²) >= 11 is 0. The molecule has 2 aromatic rings. The molecule has 0 spiro atoms. The maximum Gasteiger partial charge on any atom is 0.308 e. The molecule has 1 atom stereocenters. The van der Waals surface area contributed by atoms with E-state index >= 15 is 0 Å². The Hall–Kier alpha value is -3.36. The summed E-state index contributed by atoms with van der Waals surface area (Å²) in [4.78, 5) is 37.5. The number of hydrogen-bond acceptors (Lipinski definition) is 6. The number of nitrogens with zero attached hydrogens (tertiary/aromatic N) is 3. The fraction of sp³-hybridized carbons (Fsp3) is 0.400. The van der Waals surface area contributed by atoms with Crippen molar-refractivity contribution in [3.8, 4) is 22.8 Å². The van der Waals surface area contributed by atoms with Crippen molar-refractivity contribution in [3.05, 3.63) is 40.7 Å². The molecule has 1 aromatic carbocycles. The summed E-state index contributed by atoms with van der Waals surface area (Å²) in [5, 5.41) is 13.5. The number of methoxy groups -OCH3 is 2. The van der Waals surface area contributed by atoms with E-state index in [1.165, 1.54) is 25.2 Å². The molecule has 9 nitrogen and oxygen atoms in total. The number of amides is 1. The number of aromatic nitrogens is 2. The standard InChI is InChI=1S/C20H23N3O6/c1-28-16-7-5-13(10-17(16)29-2)15-6-8-18(24)23(21-15)12-19(25)22-9-3-4-14(11-22)20(26)27/h5-8,10,14H,3-4,9,11-12H2,1-2H3,(H,26,27)/t14-/m1/s1. The van der Waals surface area contributed by atoms with E-state index in [4.69, 9.17) is 9.47 Å². The zero-order valence-electron chi connectivity index (χ0n) is 16.3. The van der Waals surface area contributed by atoms with E-state index in [1.54, 1.807) is 24.3 Å². The van der Waals surface area contributed by atoms with Gasteiger partial charge in [0.1, 0.15) is 6.54 Å². The molecular formula is C20H23N3O6. The Kier molecular flexibility index (Phi) is 6.16. The molecule has 154 valence electrons. The van der Waals surface area contributed by atoms with Gasteiger partial charge in [0.2, 0.25) is 5.91 Å². The molecular weight excluding hydrogens is 378 g/mol. The highest BCUT2D eigenvalue weighted by molar-refractivity contribution is 5.78. The van der Waals surface area contributed by atoms with E-state index in [-0.39, 0.29) is 19.0 Å². The van der Waals surface area contributed by atoms with Crippen LogP contribution >= 0.6 is 0 Å². The molecule has 0 bridgehead atoms. The van der Waals surface area contributed by atoms with Crippen LogP contribution in [0.1, 0.15) is 12.8 Å². The number of likely N-dealkylation sites (tertiary alicyclic amines) is 1. The topological polar surface area (TPSA) is 111 Å². The molecule has 1 fully saturated rings. The molecule has 0 radical (unpaired) electrons. The number of hydrogen-bond donors (Lipinski definition) is 1. The van der Waals surface area contributed by atoms with E-state index in [2.05, 4.69) is 5.10 Å². The molecule has 1 aliphatic rings. The van der Waals surface area contributed by atoms with Gasteiger partial charge in [0, 0.05) is 24.7 Å². The summed E-state index contributed by atoms with van der Waals surface area (Å²) < 4.78 is 11.6. The van der Waals surface area contributed by atoms with E-state index in [0.717, 1.165) is 4.68 Å². The van der Waals surface area contributed by atoms with Crippen molar-refractivity contribution in [1.82, 2.24) is 14.7 Å². The first kappa shape index (κ1) is 20.4. The molecule has 1 saturated heterocycles. The second-order valence-corrected chi connectivity index (χ2v) is 6.80. The number of carboxylic acids is 1. The highest BCUT2D eigenvalue weighted by atomic mass is 16.5. The average molecular weight is 401 g/mol. The van der Waals surface area contributed by atoms with E-state index in [1.807, 2.05) is 0 Å². The van der Waals surface area contributed by atoms with Gasteiger partial charge in [-0.25, -0.2) is 4.68 Å². The summed E-state index contributed by atoms with van der Waals surface area (Å²) in [5.74, 6) is -0.717. The third kappa shape index (κ3) is 4.56. The molecule has 9 heteroatoms. The maximum absolute atomic E-state index is 12.6. The molecule has 0 aliphatic carbocycles. The number of piperidine rings is 1. The van der Waals surface area contributed by atoms with Gasteiger partial charge >= 0.3 is 5.97 Å². The van der Waals surface area contributed by atoms with Crippen molar-refractivity contribution in [1.29, 1.82) is 0 Å². The fourth-order valence-corrected chi connectivity index (χ4v) is 3.35. The summed E-state index contributed by atoms with van der Waals surface area (Å²) in [6.45, 7) is 0.386. The third-order valence-electron chi connectivity index (χ3n) is 4.95. The Morgan fingerprint density at radius 2 is 1.93 bits per heavy atom. The van der Waals surface area contributed by atoms with Gasteiger partial charge in [-0.05, 0) is 37.1 Å². The van der Waals surface area contributed by atoms with Gasteiger partial charge in [0.25, 0.3) is 5.56 Å². The van der Waals surface area contributed by atoms with Crippen molar-refractivity contribution >= 4 is 11.9 Å². The molecule has 1 amide bonds. The van der Waals surface area contributed by atoms with Gasteiger partial charge < -0.3 is 19.5 Å². The van der Waals surface area contributed by atoms with Crippen molar-refractivity contribution in [2.45, 2.75) is 19.4 Å². The minimum atomic E-state index is -0.909. The van der Waals surface area contributed by atoms with Crippen LogP contribution in [0.15, 0.2) is 35.1 Å². The largest absolute Gasteiger partial charge is 0.493 e. The van der Waals surface area contributed by atoms with Crippen LogP contribution in [-0.2, 0) is 16.1 Å². The molecule has 0 saturated carbocycles. The van der Waals surface area contributed by atoms with Crippen molar-refractivity contribution in [2.75, 3.05) is 27.3 Å². The second kappa shape index (κ2) is 8.76. The van der Waals surface area contributed by atoms with Gasteiger partial charge in [-0.1, -0.05) is 0 Å². The average Bonchev–Trinajstić information content (AvgIpc) is 2.74. The van der Waals surface area contributed by atoms with E-state index in [9.17, 15) is 19.5 Å². The monoisotopic (exact) mass is 401 g/mol. The van der Waals surface area contributed by atoms with Crippen molar-refractivity contribution < 1.29 is 24.2 Å². The molecule has 2 heterocycles. The number of carbonyl (C=O) groups is 2. The lowest BCUT2D eigenvalue weighted by molar-refractivity contribution is -0.145. The van der Waals surface area contributed by atoms with Crippen molar-refractivity contribution in [2.24, 2.45) is 5.92 Å². The first-order chi connectivity index (χ1) is 13.9. The third-order valence-corrected chi connectivity index (χ3v) is 4.95. The summed E-state index contributed by atoms with van der Waals surface area (Å²) in [5.41, 5.74) is 0.794. The van der Waals surface area contributed by atoms with Gasteiger partial charge in [0.15, 0.2) is 11.5 Å². The number of rotatable bonds is 6. The molecule has 3 rings (SSSR count). The number of carboxylic acid groups (broad SMARTS) is 1.